The number of hydrogen-bond acceptors (Lipinski definition) is 5. The molecule has 2 heterocycles. The quantitative estimate of drug-likeness (QED) is 0.334. The Labute approximate surface area is 203 Å². The third-order valence-corrected chi connectivity index (χ3v) is 6.29. The minimum atomic E-state index is -0.577. The highest BCUT2D eigenvalue weighted by atomic mass is 32.2. The van der Waals surface area contributed by atoms with Gasteiger partial charge >= 0.3 is 6.09 Å². The molecule has 1 amide bonds. The molecule has 172 valence electrons. The Hall–Kier alpha value is -3.76. The minimum Gasteiger partial charge on any atom is -0.443 e. The van der Waals surface area contributed by atoms with Crippen molar-refractivity contribution < 1.29 is 9.53 Å². The number of amides is 1. The molecule has 7 heteroatoms. The van der Waals surface area contributed by atoms with Gasteiger partial charge in [0.1, 0.15) is 11.7 Å². The zero-order chi connectivity index (χ0) is 24.3. The van der Waals surface area contributed by atoms with Crippen LogP contribution in [0.4, 0.5) is 10.5 Å². The predicted molar refractivity (Wildman–Crippen MR) is 135 cm³/mol. The summed E-state index contributed by atoms with van der Waals surface area (Å²) in [5, 5.41) is 10.6. The van der Waals surface area contributed by atoms with Crippen molar-refractivity contribution in [2.24, 2.45) is 0 Å². The summed E-state index contributed by atoms with van der Waals surface area (Å²) < 4.78 is 7.66. The molecule has 0 spiro atoms. The Kier molecular flexibility index (Phi) is 6.62. The molecule has 0 fully saturated rings. The number of carbonyl (C=O) groups excluding carboxylic acids is 1. The summed E-state index contributed by atoms with van der Waals surface area (Å²) in [5.41, 5.74) is 2.69. The fourth-order valence-corrected chi connectivity index (χ4v) is 4.61. The van der Waals surface area contributed by atoms with Gasteiger partial charge in [-0.2, -0.15) is 5.26 Å². The van der Waals surface area contributed by atoms with Crippen LogP contribution in [0.1, 0.15) is 32.0 Å². The van der Waals surface area contributed by atoms with Crippen LogP contribution in [0.15, 0.2) is 82.8 Å². The maximum Gasteiger partial charge on any atom is 0.414 e. The Morgan fingerprint density at radius 2 is 1.88 bits per heavy atom. The van der Waals surface area contributed by atoms with Crippen LogP contribution in [0.5, 0.6) is 0 Å². The van der Waals surface area contributed by atoms with Gasteiger partial charge in [0.05, 0.1) is 23.3 Å². The lowest BCUT2D eigenvalue weighted by Gasteiger charge is -2.24. The number of aromatic nitrogens is 2. The number of carbonyl (C=O) groups is 1. The second-order valence-corrected chi connectivity index (χ2v) is 9.98. The van der Waals surface area contributed by atoms with E-state index in [1.807, 2.05) is 81.4 Å². The highest BCUT2D eigenvalue weighted by molar-refractivity contribution is 7.99. The highest BCUT2D eigenvalue weighted by Crippen LogP contribution is 2.38. The first-order valence-electron chi connectivity index (χ1n) is 10.9. The summed E-state index contributed by atoms with van der Waals surface area (Å²) in [5.74, 6) is 0. The van der Waals surface area contributed by atoms with Crippen LogP contribution in [0.3, 0.4) is 0 Å². The number of nitriles is 1. The molecule has 0 unspecified atom stereocenters. The van der Waals surface area contributed by atoms with E-state index in [1.165, 1.54) is 4.90 Å². The summed E-state index contributed by atoms with van der Waals surface area (Å²) in [6.45, 7) is 6.13. The zero-order valence-electron chi connectivity index (χ0n) is 19.6. The monoisotopic (exact) mass is 470 g/mol. The van der Waals surface area contributed by atoms with E-state index < -0.39 is 11.7 Å². The maximum atomic E-state index is 12.6. The fraction of sp³-hybridized carbons (Fsp3) is 0.222. The number of benzene rings is 2. The van der Waals surface area contributed by atoms with Gasteiger partial charge in [-0.15, -0.1) is 0 Å². The summed E-state index contributed by atoms with van der Waals surface area (Å²) in [6.07, 6.45) is 3.45. The first-order valence-corrected chi connectivity index (χ1v) is 11.7. The predicted octanol–water partition coefficient (Wildman–Crippen LogP) is 6.48. The highest BCUT2D eigenvalue weighted by Gasteiger charge is 2.22. The summed E-state index contributed by atoms with van der Waals surface area (Å²) in [4.78, 5) is 20.6. The van der Waals surface area contributed by atoms with Crippen LogP contribution < -0.4 is 4.90 Å². The Bertz CT molecular complexity index is 1370. The molecule has 0 radical (unpaired) electrons. The second-order valence-electron chi connectivity index (χ2n) is 8.89. The van der Waals surface area contributed by atoms with Crippen molar-refractivity contribution in [2.75, 3.05) is 11.9 Å². The van der Waals surface area contributed by atoms with Gasteiger partial charge in [-0.05, 0) is 63.2 Å². The van der Waals surface area contributed by atoms with E-state index in [4.69, 9.17) is 4.74 Å². The molecule has 4 rings (SSSR count). The van der Waals surface area contributed by atoms with Gasteiger partial charge in [0.15, 0.2) is 0 Å². The average molecular weight is 471 g/mol. The molecule has 2 aromatic carbocycles. The van der Waals surface area contributed by atoms with Crippen molar-refractivity contribution in [1.29, 1.82) is 5.26 Å². The molecule has 0 N–H and O–H groups in total. The van der Waals surface area contributed by atoms with Crippen molar-refractivity contribution in [2.45, 2.75) is 42.7 Å². The van der Waals surface area contributed by atoms with Crippen molar-refractivity contribution in [3.8, 4) is 6.07 Å². The van der Waals surface area contributed by atoms with E-state index in [0.29, 0.717) is 12.1 Å². The van der Waals surface area contributed by atoms with Gasteiger partial charge in [-0.1, -0.05) is 30.0 Å². The van der Waals surface area contributed by atoms with Crippen LogP contribution >= 0.6 is 11.8 Å². The third-order valence-electron chi connectivity index (χ3n) is 5.17. The largest absolute Gasteiger partial charge is 0.443 e. The third kappa shape index (κ3) is 5.24. The molecule has 0 saturated carbocycles. The number of rotatable bonds is 5. The van der Waals surface area contributed by atoms with Crippen molar-refractivity contribution in [3.05, 3.63) is 84.3 Å². The van der Waals surface area contributed by atoms with Gasteiger partial charge in [0, 0.05) is 40.3 Å². The molecule has 0 aliphatic heterocycles. The van der Waals surface area contributed by atoms with Crippen LogP contribution in [0.25, 0.3) is 10.9 Å². The molecular weight excluding hydrogens is 444 g/mol. The van der Waals surface area contributed by atoms with Gasteiger partial charge in [0.2, 0.25) is 0 Å². The normalized spacial score (nSPS) is 11.3. The lowest BCUT2D eigenvalue weighted by molar-refractivity contribution is 0.0589. The molecule has 0 atom stereocenters. The minimum absolute atomic E-state index is 0.410. The molecular formula is C27H26N4O2S. The van der Waals surface area contributed by atoms with Crippen LogP contribution in [0, 0.1) is 11.3 Å². The van der Waals surface area contributed by atoms with Crippen LogP contribution in [-0.4, -0.2) is 28.3 Å². The van der Waals surface area contributed by atoms with Crippen molar-refractivity contribution >= 4 is 34.4 Å². The molecule has 34 heavy (non-hydrogen) atoms. The topological polar surface area (TPSA) is 71.2 Å². The SMILES string of the molecule is CN(C(=O)OC(C)(C)C)c1ccc2c(Sc3ccccc3C#N)cn(Cc3ccccn3)c2c1. The molecule has 2 aromatic heterocycles. The smallest absolute Gasteiger partial charge is 0.414 e. The van der Waals surface area contributed by atoms with Gasteiger partial charge in [-0.25, -0.2) is 4.79 Å². The van der Waals surface area contributed by atoms with E-state index in [2.05, 4.69) is 21.8 Å². The summed E-state index contributed by atoms with van der Waals surface area (Å²) in [7, 11) is 1.71. The number of hydrogen-bond donors (Lipinski definition) is 0. The first-order chi connectivity index (χ1) is 16.2. The second kappa shape index (κ2) is 9.62. The fourth-order valence-electron chi connectivity index (χ4n) is 3.54. The van der Waals surface area contributed by atoms with E-state index in [1.54, 1.807) is 25.0 Å². The van der Waals surface area contributed by atoms with Crippen LogP contribution in [0.2, 0.25) is 0 Å². The Morgan fingerprint density at radius 3 is 2.59 bits per heavy atom. The number of anilines is 1. The molecule has 0 aliphatic rings. The van der Waals surface area contributed by atoms with Crippen LogP contribution in [-0.2, 0) is 11.3 Å². The van der Waals surface area contributed by atoms with Gasteiger partial charge in [0.25, 0.3) is 0 Å². The van der Waals surface area contributed by atoms with Crippen molar-refractivity contribution in [1.82, 2.24) is 9.55 Å². The van der Waals surface area contributed by atoms with E-state index in [9.17, 15) is 10.1 Å². The standard InChI is InChI=1S/C27H26N4O2S/c1-27(2,3)33-26(32)30(4)21-12-13-22-23(15-21)31(17-20-10-7-8-14-29-20)18-25(22)34-24-11-6-5-9-19(24)16-28/h5-15,18H,17H2,1-4H3. The molecule has 0 aliphatic carbocycles. The van der Waals surface area contributed by atoms with E-state index in [0.717, 1.165) is 32.1 Å². The first kappa shape index (κ1) is 23.4. The van der Waals surface area contributed by atoms with Gasteiger partial charge < -0.3 is 9.30 Å². The molecule has 4 aromatic rings. The Balaban J connectivity index is 1.76. The van der Waals surface area contributed by atoms with E-state index >= 15 is 0 Å². The summed E-state index contributed by atoms with van der Waals surface area (Å²) in [6, 6.07) is 21.6. The Morgan fingerprint density at radius 1 is 1.12 bits per heavy atom. The van der Waals surface area contributed by atoms with Crippen molar-refractivity contribution in [3.63, 3.8) is 0 Å². The number of nitrogens with zero attached hydrogens (tertiary/aromatic N) is 4. The average Bonchev–Trinajstić information content (AvgIpc) is 3.14. The number of pyridine rings is 1. The molecule has 0 saturated heterocycles. The molecule has 0 bridgehead atoms. The number of fused-ring (bicyclic) bond motifs is 1. The maximum absolute atomic E-state index is 12.6. The number of ether oxygens (including phenoxy) is 1. The van der Waals surface area contributed by atoms with E-state index in [-0.39, 0.29) is 0 Å². The van der Waals surface area contributed by atoms with Gasteiger partial charge in [-0.3, -0.25) is 9.88 Å². The lowest BCUT2D eigenvalue weighted by atomic mass is 10.2. The molecule has 6 nitrogen and oxygen atoms in total. The summed E-state index contributed by atoms with van der Waals surface area (Å²) >= 11 is 1.56. The zero-order valence-corrected chi connectivity index (χ0v) is 20.5. The lowest BCUT2D eigenvalue weighted by Crippen LogP contribution is -2.34.